The summed E-state index contributed by atoms with van der Waals surface area (Å²) in [5, 5.41) is 5.13. The highest BCUT2D eigenvalue weighted by Gasteiger charge is 2.01. The number of benzene rings is 1. The van der Waals surface area contributed by atoms with Crippen LogP contribution in [0.15, 0.2) is 23.2 Å². The van der Waals surface area contributed by atoms with Gasteiger partial charge in [0.1, 0.15) is 0 Å². The van der Waals surface area contributed by atoms with Crippen LogP contribution in [-0.4, -0.2) is 18.0 Å². The van der Waals surface area contributed by atoms with Gasteiger partial charge in [-0.1, -0.05) is 35.0 Å². The topological polar surface area (TPSA) is 24.4 Å². The van der Waals surface area contributed by atoms with Crippen LogP contribution < -0.4 is 5.32 Å². The van der Waals surface area contributed by atoms with Crippen molar-refractivity contribution in [2.75, 3.05) is 18.1 Å². The molecule has 0 bridgehead atoms. The van der Waals surface area contributed by atoms with Crippen LogP contribution in [0.3, 0.4) is 0 Å². The molecule has 1 rings (SSSR count). The largest absolute Gasteiger partial charge is 0.335 e. The fraction of sp³-hybridized carbons (Fsp3) is 0.300. The molecule has 0 saturated heterocycles. The van der Waals surface area contributed by atoms with Crippen molar-refractivity contribution < 1.29 is 0 Å². The highest BCUT2D eigenvalue weighted by atomic mass is 35.5. The second-order valence-corrected chi connectivity index (χ2v) is 4.35. The SMILES string of the molecule is CCN=C(Nc1ccc(Cl)c(Cl)c1)SC. The van der Waals surface area contributed by atoms with Gasteiger partial charge in [0.05, 0.1) is 10.0 Å². The first kappa shape index (κ1) is 12.7. The molecule has 0 fully saturated rings. The molecule has 0 aliphatic rings. The van der Waals surface area contributed by atoms with Gasteiger partial charge in [0.25, 0.3) is 0 Å². The number of amidine groups is 1. The number of rotatable bonds is 2. The van der Waals surface area contributed by atoms with Crippen LogP contribution in [0.2, 0.25) is 10.0 Å². The average Bonchev–Trinajstić information content (AvgIpc) is 2.23. The van der Waals surface area contributed by atoms with E-state index in [1.165, 1.54) is 0 Å². The van der Waals surface area contributed by atoms with Crippen LogP contribution in [0.1, 0.15) is 6.92 Å². The lowest BCUT2D eigenvalue weighted by Crippen LogP contribution is -2.07. The minimum Gasteiger partial charge on any atom is -0.335 e. The van der Waals surface area contributed by atoms with Crippen LogP contribution in [-0.2, 0) is 0 Å². The predicted octanol–water partition coefficient (Wildman–Crippen LogP) is 4.14. The molecule has 5 heteroatoms. The van der Waals surface area contributed by atoms with Crippen LogP contribution in [0.4, 0.5) is 5.69 Å². The first-order valence-electron chi connectivity index (χ1n) is 4.48. The Kier molecular flexibility index (Phi) is 5.29. The van der Waals surface area contributed by atoms with Gasteiger partial charge in [0.2, 0.25) is 0 Å². The monoisotopic (exact) mass is 262 g/mol. The Morgan fingerprint density at radius 3 is 2.67 bits per heavy atom. The molecule has 0 atom stereocenters. The first-order chi connectivity index (χ1) is 7.17. The highest BCUT2D eigenvalue weighted by Crippen LogP contribution is 2.25. The van der Waals surface area contributed by atoms with E-state index in [0.717, 1.165) is 17.4 Å². The Morgan fingerprint density at radius 2 is 2.13 bits per heavy atom. The number of hydrogen-bond acceptors (Lipinski definition) is 2. The van der Waals surface area contributed by atoms with Crippen molar-refractivity contribution in [2.45, 2.75) is 6.92 Å². The molecule has 2 nitrogen and oxygen atoms in total. The lowest BCUT2D eigenvalue weighted by atomic mass is 10.3. The van der Waals surface area contributed by atoms with E-state index in [2.05, 4.69) is 10.3 Å². The number of anilines is 1. The molecule has 0 spiro atoms. The van der Waals surface area contributed by atoms with Gasteiger partial charge in [-0.2, -0.15) is 0 Å². The molecule has 0 radical (unpaired) electrons. The van der Waals surface area contributed by atoms with E-state index in [4.69, 9.17) is 23.2 Å². The summed E-state index contributed by atoms with van der Waals surface area (Å²) in [6, 6.07) is 5.41. The van der Waals surface area contributed by atoms with E-state index >= 15 is 0 Å². The Morgan fingerprint density at radius 1 is 1.40 bits per heavy atom. The highest BCUT2D eigenvalue weighted by molar-refractivity contribution is 8.13. The lowest BCUT2D eigenvalue weighted by molar-refractivity contribution is 1.14. The molecule has 0 saturated carbocycles. The van der Waals surface area contributed by atoms with Crippen LogP contribution >= 0.6 is 35.0 Å². The molecule has 82 valence electrons. The quantitative estimate of drug-likeness (QED) is 0.640. The third-order valence-electron chi connectivity index (χ3n) is 1.67. The molecular formula is C10H12Cl2N2S. The molecular weight excluding hydrogens is 251 g/mol. The normalized spacial score (nSPS) is 11.6. The number of aliphatic imine (C=N–C) groups is 1. The molecule has 0 aromatic heterocycles. The molecule has 15 heavy (non-hydrogen) atoms. The molecule has 0 amide bonds. The summed E-state index contributed by atoms with van der Waals surface area (Å²) in [6.45, 7) is 2.75. The van der Waals surface area contributed by atoms with Gasteiger partial charge < -0.3 is 5.32 Å². The van der Waals surface area contributed by atoms with Crippen LogP contribution in [0.25, 0.3) is 0 Å². The summed E-state index contributed by atoms with van der Waals surface area (Å²) in [7, 11) is 0. The maximum absolute atomic E-state index is 5.90. The number of nitrogens with one attached hydrogen (secondary N) is 1. The Balaban J connectivity index is 2.80. The van der Waals surface area contributed by atoms with Crippen LogP contribution in [0.5, 0.6) is 0 Å². The summed E-state index contributed by atoms with van der Waals surface area (Å²) >= 11 is 13.3. The maximum Gasteiger partial charge on any atom is 0.160 e. The Hall–Kier alpha value is -0.380. The molecule has 0 aliphatic carbocycles. The van der Waals surface area contributed by atoms with E-state index in [1.54, 1.807) is 23.9 Å². The van der Waals surface area contributed by atoms with E-state index < -0.39 is 0 Å². The van der Waals surface area contributed by atoms with Gasteiger partial charge in [-0.3, -0.25) is 4.99 Å². The predicted molar refractivity (Wildman–Crippen MR) is 71.6 cm³/mol. The minimum absolute atomic E-state index is 0.540. The lowest BCUT2D eigenvalue weighted by Gasteiger charge is -2.07. The van der Waals surface area contributed by atoms with Gasteiger partial charge >= 0.3 is 0 Å². The zero-order chi connectivity index (χ0) is 11.3. The molecule has 1 aromatic rings. The van der Waals surface area contributed by atoms with E-state index in [1.807, 2.05) is 19.2 Å². The summed E-state index contributed by atoms with van der Waals surface area (Å²) in [4.78, 5) is 4.28. The van der Waals surface area contributed by atoms with Gasteiger partial charge in [-0.05, 0) is 31.4 Å². The average molecular weight is 263 g/mol. The van der Waals surface area contributed by atoms with Crippen molar-refractivity contribution in [3.05, 3.63) is 28.2 Å². The Labute approximate surface area is 104 Å². The van der Waals surface area contributed by atoms with Crippen molar-refractivity contribution in [3.8, 4) is 0 Å². The molecule has 1 aromatic carbocycles. The van der Waals surface area contributed by atoms with Crippen molar-refractivity contribution in [3.63, 3.8) is 0 Å². The third-order valence-corrected chi connectivity index (χ3v) is 3.02. The first-order valence-corrected chi connectivity index (χ1v) is 6.46. The van der Waals surface area contributed by atoms with E-state index in [9.17, 15) is 0 Å². The number of nitrogens with zero attached hydrogens (tertiary/aromatic N) is 1. The Bertz CT molecular complexity index is 366. The number of thioether (sulfide) groups is 1. The van der Waals surface area contributed by atoms with Gasteiger partial charge in [-0.15, -0.1) is 0 Å². The van der Waals surface area contributed by atoms with Crippen molar-refractivity contribution in [1.82, 2.24) is 0 Å². The van der Waals surface area contributed by atoms with Gasteiger partial charge in [-0.25, -0.2) is 0 Å². The number of halogens is 2. The second kappa shape index (κ2) is 6.26. The zero-order valence-corrected chi connectivity index (χ0v) is 10.9. The summed E-state index contributed by atoms with van der Waals surface area (Å²) in [5.74, 6) is 0. The summed E-state index contributed by atoms with van der Waals surface area (Å²) in [6.07, 6.45) is 1.97. The van der Waals surface area contributed by atoms with Crippen molar-refractivity contribution in [1.29, 1.82) is 0 Å². The van der Waals surface area contributed by atoms with E-state index in [0.29, 0.717) is 10.0 Å². The third kappa shape index (κ3) is 3.93. The molecule has 0 heterocycles. The van der Waals surface area contributed by atoms with Crippen LogP contribution in [0, 0.1) is 0 Å². The smallest absolute Gasteiger partial charge is 0.160 e. The minimum atomic E-state index is 0.540. The fourth-order valence-corrected chi connectivity index (χ4v) is 1.77. The van der Waals surface area contributed by atoms with Crippen molar-refractivity contribution in [2.24, 2.45) is 4.99 Å². The molecule has 0 aliphatic heterocycles. The summed E-state index contributed by atoms with van der Waals surface area (Å²) < 4.78 is 0. The second-order valence-electron chi connectivity index (χ2n) is 2.74. The zero-order valence-electron chi connectivity index (χ0n) is 8.55. The maximum atomic E-state index is 5.90. The fourth-order valence-electron chi connectivity index (χ4n) is 0.996. The standard InChI is InChI=1S/C10H12Cl2N2S/c1-3-13-10(15-2)14-7-4-5-8(11)9(12)6-7/h4-6H,3H2,1-2H3,(H,13,14). The van der Waals surface area contributed by atoms with Gasteiger partial charge in [0, 0.05) is 12.2 Å². The van der Waals surface area contributed by atoms with Crippen molar-refractivity contribution >= 4 is 45.8 Å². The number of hydrogen-bond donors (Lipinski definition) is 1. The molecule has 1 N–H and O–H groups in total. The van der Waals surface area contributed by atoms with Gasteiger partial charge in [0.15, 0.2) is 5.17 Å². The summed E-state index contributed by atoms with van der Waals surface area (Å²) in [5.41, 5.74) is 0.894. The molecule has 0 unspecified atom stereocenters. The van der Waals surface area contributed by atoms with E-state index in [-0.39, 0.29) is 0 Å².